The zero-order valence-corrected chi connectivity index (χ0v) is 33.2. The van der Waals surface area contributed by atoms with E-state index >= 15 is 0 Å². The van der Waals surface area contributed by atoms with Crippen LogP contribution in [0.3, 0.4) is 0 Å². The number of hydrogen-bond acceptors (Lipinski definition) is 5. The molecule has 0 amide bonds. The van der Waals surface area contributed by atoms with E-state index in [1.165, 1.54) is 141 Å². The van der Waals surface area contributed by atoms with Crippen molar-refractivity contribution in [3.8, 4) is 0 Å². The van der Waals surface area contributed by atoms with Gasteiger partial charge >= 0.3 is 5.97 Å². The van der Waals surface area contributed by atoms with Crippen molar-refractivity contribution in [2.75, 3.05) is 26.4 Å². The van der Waals surface area contributed by atoms with Crippen molar-refractivity contribution in [1.82, 2.24) is 0 Å². The summed E-state index contributed by atoms with van der Waals surface area (Å²) in [4.78, 5) is 25.4. The van der Waals surface area contributed by atoms with Crippen molar-refractivity contribution in [3.63, 3.8) is 0 Å². The van der Waals surface area contributed by atoms with Crippen LogP contribution in [-0.4, -0.2) is 43.8 Å². The first-order chi connectivity index (χ1) is 23.3. The van der Waals surface area contributed by atoms with Gasteiger partial charge in [-0.1, -0.05) is 168 Å². The molecule has 0 heterocycles. The van der Waals surface area contributed by atoms with Gasteiger partial charge in [0.1, 0.15) is 5.78 Å². The van der Waals surface area contributed by atoms with Crippen LogP contribution in [0.2, 0.25) is 0 Å². The molecule has 0 saturated heterocycles. The van der Waals surface area contributed by atoms with Crippen LogP contribution in [0.25, 0.3) is 0 Å². The molecule has 0 spiro atoms. The fourth-order valence-electron chi connectivity index (χ4n) is 6.53. The Kier molecular flexibility index (Phi) is 35.2. The Balaban J connectivity index is 4.18. The molecule has 1 unspecified atom stereocenters. The number of carbonyl (C=O) groups excluding carboxylic acids is 2. The first-order valence-electron chi connectivity index (χ1n) is 21.2. The van der Waals surface area contributed by atoms with Gasteiger partial charge in [0.05, 0.1) is 18.8 Å². The summed E-state index contributed by atoms with van der Waals surface area (Å²) in [6.07, 6.45) is 36.1. The SMILES string of the molecule is CCCCCCCCCCCCCCCC(=O)CC(COCCC(C)(C)OCC)COC(=O)CCCCCCCCCCCCCCC. The fourth-order valence-corrected chi connectivity index (χ4v) is 6.53. The number of Topliss-reactive ketones (excluding diaryl/α,β-unsaturated/α-hetero) is 1. The number of carbonyl (C=O) groups is 2. The maximum Gasteiger partial charge on any atom is 0.305 e. The van der Waals surface area contributed by atoms with E-state index in [1.807, 2.05) is 6.92 Å². The predicted octanol–water partition coefficient (Wildman–Crippen LogP) is 13.3. The third kappa shape index (κ3) is 34.9. The number of hydrogen-bond donors (Lipinski definition) is 0. The van der Waals surface area contributed by atoms with Crippen LogP contribution in [0.1, 0.15) is 227 Å². The van der Waals surface area contributed by atoms with E-state index in [2.05, 4.69) is 27.7 Å². The van der Waals surface area contributed by atoms with Crippen molar-refractivity contribution < 1.29 is 23.8 Å². The summed E-state index contributed by atoms with van der Waals surface area (Å²) in [7, 11) is 0. The zero-order valence-electron chi connectivity index (χ0n) is 33.2. The molecule has 0 saturated carbocycles. The van der Waals surface area contributed by atoms with Gasteiger partial charge in [0.2, 0.25) is 0 Å². The molecule has 0 aromatic carbocycles. The Morgan fingerprint density at radius 3 is 1.33 bits per heavy atom. The lowest BCUT2D eigenvalue weighted by molar-refractivity contribution is -0.146. The standard InChI is InChI=1S/C43H84O5/c1-6-9-11-13-15-17-19-21-23-25-27-29-31-33-41(44)37-40(38-46-36-35-43(4,5)48-8-3)39-47-42(45)34-32-30-28-26-24-22-20-18-16-14-12-10-7-2/h40H,6-39H2,1-5H3. The molecule has 48 heavy (non-hydrogen) atoms. The van der Waals surface area contributed by atoms with Gasteiger partial charge in [-0.05, 0) is 40.0 Å². The van der Waals surface area contributed by atoms with E-state index in [0.29, 0.717) is 39.1 Å². The lowest BCUT2D eigenvalue weighted by Crippen LogP contribution is -2.27. The Morgan fingerprint density at radius 2 is 0.917 bits per heavy atom. The lowest BCUT2D eigenvalue weighted by Gasteiger charge is -2.25. The van der Waals surface area contributed by atoms with Gasteiger partial charge in [0.25, 0.3) is 0 Å². The maximum atomic E-state index is 12.9. The smallest absolute Gasteiger partial charge is 0.305 e. The van der Waals surface area contributed by atoms with Gasteiger partial charge < -0.3 is 14.2 Å². The normalized spacial score (nSPS) is 12.4. The second-order valence-electron chi connectivity index (χ2n) is 15.3. The van der Waals surface area contributed by atoms with E-state index < -0.39 is 0 Å². The van der Waals surface area contributed by atoms with Gasteiger partial charge in [-0.3, -0.25) is 9.59 Å². The molecule has 0 aliphatic carbocycles. The number of rotatable bonds is 39. The highest BCUT2D eigenvalue weighted by atomic mass is 16.5. The second kappa shape index (κ2) is 35.9. The van der Waals surface area contributed by atoms with E-state index in [1.54, 1.807) is 0 Å². The van der Waals surface area contributed by atoms with Gasteiger partial charge in [-0.15, -0.1) is 0 Å². The average molecular weight is 681 g/mol. The molecule has 286 valence electrons. The second-order valence-corrected chi connectivity index (χ2v) is 15.3. The summed E-state index contributed by atoms with van der Waals surface area (Å²) in [5.41, 5.74) is -0.228. The molecular weight excluding hydrogens is 596 g/mol. The Morgan fingerprint density at radius 1 is 0.521 bits per heavy atom. The first kappa shape index (κ1) is 47.1. The number of ether oxygens (including phenoxy) is 3. The number of esters is 1. The molecule has 5 nitrogen and oxygen atoms in total. The van der Waals surface area contributed by atoms with Crippen LogP contribution >= 0.6 is 0 Å². The third-order valence-corrected chi connectivity index (χ3v) is 9.78. The molecule has 0 aromatic heterocycles. The van der Waals surface area contributed by atoms with E-state index in [9.17, 15) is 9.59 Å². The highest BCUT2D eigenvalue weighted by Crippen LogP contribution is 2.18. The molecular formula is C43H84O5. The first-order valence-corrected chi connectivity index (χ1v) is 21.2. The molecule has 0 bridgehead atoms. The van der Waals surface area contributed by atoms with Crippen LogP contribution in [-0.2, 0) is 23.8 Å². The summed E-state index contributed by atoms with van der Waals surface area (Å²) in [6.45, 7) is 12.7. The van der Waals surface area contributed by atoms with Crippen LogP contribution in [0, 0.1) is 5.92 Å². The van der Waals surface area contributed by atoms with Crippen molar-refractivity contribution in [3.05, 3.63) is 0 Å². The molecule has 0 aliphatic heterocycles. The average Bonchev–Trinajstić information content (AvgIpc) is 3.06. The molecule has 0 fully saturated rings. The summed E-state index contributed by atoms with van der Waals surface area (Å²) < 4.78 is 17.5. The Hall–Kier alpha value is -0.940. The third-order valence-electron chi connectivity index (χ3n) is 9.78. The molecule has 5 heteroatoms. The topological polar surface area (TPSA) is 61.8 Å². The summed E-state index contributed by atoms with van der Waals surface area (Å²) in [5, 5.41) is 0. The molecule has 1 atom stereocenters. The van der Waals surface area contributed by atoms with Crippen molar-refractivity contribution >= 4 is 11.8 Å². The van der Waals surface area contributed by atoms with E-state index in [4.69, 9.17) is 14.2 Å². The van der Waals surface area contributed by atoms with Gasteiger partial charge in [0.15, 0.2) is 0 Å². The molecule has 0 aromatic rings. The fraction of sp³-hybridized carbons (Fsp3) is 0.953. The maximum absolute atomic E-state index is 12.9. The quantitative estimate of drug-likeness (QED) is 0.0477. The lowest BCUT2D eigenvalue weighted by atomic mass is 9.99. The van der Waals surface area contributed by atoms with Crippen LogP contribution in [0.15, 0.2) is 0 Å². The largest absolute Gasteiger partial charge is 0.465 e. The van der Waals surface area contributed by atoms with Gasteiger partial charge in [-0.25, -0.2) is 0 Å². The highest BCUT2D eigenvalue weighted by molar-refractivity contribution is 5.78. The van der Waals surface area contributed by atoms with Crippen LogP contribution < -0.4 is 0 Å². The van der Waals surface area contributed by atoms with E-state index in [0.717, 1.165) is 32.1 Å². The van der Waals surface area contributed by atoms with Crippen molar-refractivity contribution in [2.45, 2.75) is 233 Å². The van der Waals surface area contributed by atoms with Crippen molar-refractivity contribution in [1.29, 1.82) is 0 Å². The Labute approximate surface area is 300 Å². The van der Waals surface area contributed by atoms with Crippen molar-refractivity contribution in [2.24, 2.45) is 5.92 Å². The van der Waals surface area contributed by atoms with Crippen LogP contribution in [0.5, 0.6) is 0 Å². The van der Waals surface area contributed by atoms with Crippen LogP contribution in [0.4, 0.5) is 0 Å². The van der Waals surface area contributed by atoms with Gasteiger partial charge in [-0.2, -0.15) is 0 Å². The summed E-state index contributed by atoms with van der Waals surface area (Å²) >= 11 is 0. The minimum atomic E-state index is -0.228. The number of unbranched alkanes of at least 4 members (excludes halogenated alkanes) is 24. The summed E-state index contributed by atoms with van der Waals surface area (Å²) in [6, 6.07) is 0. The highest BCUT2D eigenvalue weighted by Gasteiger charge is 2.20. The number of ketones is 1. The van der Waals surface area contributed by atoms with Gasteiger partial charge in [0, 0.05) is 38.4 Å². The monoisotopic (exact) mass is 681 g/mol. The molecule has 0 N–H and O–H groups in total. The predicted molar refractivity (Wildman–Crippen MR) is 206 cm³/mol. The minimum Gasteiger partial charge on any atom is -0.465 e. The van der Waals surface area contributed by atoms with E-state index in [-0.39, 0.29) is 29.9 Å². The minimum absolute atomic E-state index is 0.0785. The molecule has 0 radical (unpaired) electrons. The molecule has 0 rings (SSSR count). The summed E-state index contributed by atoms with van der Waals surface area (Å²) in [5.74, 6) is 0.0589. The zero-order chi connectivity index (χ0) is 35.4. The Bertz CT molecular complexity index is 691. The molecule has 0 aliphatic rings.